The lowest BCUT2D eigenvalue weighted by atomic mass is 9.59. The van der Waals surface area contributed by atoms with Crippen molar-refractivity contribution < 1.29 is 14.6 Å². The van der Waals surface area contributed by atoms with Gasteiger partial charge in [0.15, 0.2) is 5.60 Å². The maximum atomic E-state index is 11.3. The first-order valence-electron chi connectivity index (χ1n) is 4.33. The molecule has 0 heterocycles. The largest absolute Gasteiger partial charge is 0.464 e. The van der Waals surface area contributed by atoms with Crippen molar-refractivity contribution in [2.24, 2.45) is 5.41 Å². The first-order valence-corrected chi connectivity index (χ1v) is 4.33. The highest BCUT2D eigenvalue weighted by Crippen LogP contribution is 2.49. The van der Waals surface area contributed by atoms with E-state index >= 15 is 0 Å². The molecular weight excluding hydrogens is 156 g/mol. The number of carbonyl (C=O) groups excluding carboxylic acids is 1. The van der Waals surface area contributed by atoms with Crippen LogP contribution in [0.1, 0.15) is 33.6 Å². The van der Waals surface area contributed by atoms with Crippen LogP contribution in [0.3, 0.4) is 0 Å². The van der Waals surface area contributed by atoms with E-state index in [1.54, 1.807) is 6.92 Å². The third-order valence-corrected chi connectivity index (χ3v) is 2.84. The van der Waals surface area contributed by atoms with Gasteiger partial charge in [-0.3, -0.25) is 0 Å². The van der Waals surface area contributed by atoms with Crippen LogP contribution in [0.25, 0.3) is 0 Å². The zero-order valence-electron chi connectivity index (χ0n) is 7.89. The van der Waals surface area contributed by atoms with Crippen molar-refractivity contribution in [3.8, 4) is 0 Å². The second-order valence-corrected chi connectivity index (χ2v) is 3.96. The van der Waals surface area contributed by atoms with Gasteiger partial charge in [0.05, 0.1) is 6.61 Å². The van der Waals surface area contributed by atoms with Crippen molar-refractivity contribution in [2.45, 2.75) is 39.2 Å². The number of aliphatic hydroxyl groups is 1. The topological polar surface area (TPSA) is 46.5 Å². The number of hydrogen-bond donors (Lipinski definition) is 1. The molecule has 1 unspecified atom stereocenters. The van der Waals surface area contributed by atoms with Crippen LogP contribution in [0.4, 0.5) is 0 Å². The molecule has 1 aliphatic carbocycles. The summed E-state index contributed by atoms with van der Waals surface area (Å²) in [5.41, 5.74) is -1.55. The van der Waals surface area contributed by atoms with E-state index in [1.807, 2.05) is 13.8 Å². The molecule has 0 saturated heterocycles. The number of hydrogen-bond acceptors (Lipinski definition) is 3. The van der Waals surface area contributed by atoms with Crippen molar-refractivity contribution in [3.05, 3.63) is 0 Å². The summed E-state index contributed by atoms with van der Waals surface area (Å²) in [6, 6.07) is 0. The number of rotatable bonds is 2. The average Bonchev–Trinajstić information content (AvgIpc) is 2.01. The second kappa shape index (κ2) is 2.73. The molecule has 0 radical (unpaired) electrons. The van der Waals surface area contributed by atoms with Gasteiger partial charge in [-0.1, -0.05) is 13.8 Å². The predicted octanol–water partition coefficient (Wildman–Crippen LogP) is 1.10. The third-order valence-electron chi connectivity index (χ3n) is 2.84. The molecule has 12 heavy (non-hydrogen) atoms. The molecule has 0 aromatic carbocycles. The van der Waals surface area contributed by atoms with Gasteiger partial charge < -0.3 is 9.84 Å². The van der Waals surface area contributed by atoms with Crippen LogP contribution < -0.4 is 0 Å². The van der Waals surface area contributed by atoms with Gasteiger partial charge in [0.1, 0.15) is 0 Å². The van der Waals surface area contributed by atoms with E-state index in [0.717, 1.165) is 6.42 Å². The van der Waals surface area contributed by atoms with Gasteiger partial charge in [-0.15, -0.1) is 0 Å². The van der Waals surface area contributed by atoms with Crippen molar-refractivity contribution in [2.75, 3.05) is 6.61 Å². The standard InChI is InChI=1S/C9H16O3/c1-4-12-7(10)9(11)6-5-8(9,2)3/h11H,4-6H2,1-3H3. The molecule has 70 valence electrons. The molecule has 0 aliphatic heterocycles. The lowest BCUT2D eigenvalue weighted by Crippen LogP contribution is -2.59. The summed E-state index contributed by atoms with van der Waals surface area (Å²) in [4.78, 5) is 11.3. The quantitative estimate of drug-likeness (QED) is 0.634. The Morgan fingerprint density at radius 1 is 1.50 bits per heavy atom. The van der Waals surface area contributed by atoms with Crippen molar-refractivity contribution in [1.29, 1.82) is 0 Å². The summed E-state index contributed by atoms with van der Waals surface area (Å²) in [7, 11) is 0. The molecule has 0 bridgehead atoms. The fourth-order valence-corrected chi connectivity index (χ4v) is 1.49. The Bertz CT molecular complexity index is 198. The summed E-state index contributed by atoms with van der Waals surface area (Å²) in [6.45, 7) is 5.84. The number of carbonyl (C=O) groups is 1. The molecule has 3 heteroatoms. The predicted molar refractivity (Wildman–Crippen MR) is 44.6 cm³/mol. The molecule has 1 fully saturated rings. The van der Waals surface area contributed by atoms with Gasteiger partial charge in [-0.2, -0.15) is 0 Å². The SMILES string of the molecule is CCOC(=O)C1(O)CCC1(C)C. The van der Waals surface area contributed by atoms with Crippen molar-refractivity contribution in [3.63, 3.8) is 0 Å². The zero-order chi connectivity index (χ0) is 9.41. The fourth-order valence-electron chi connectivity index (χ4n) is 1.49. The van der Waals surface area contributed by atoms with Crippen molar-refractivity contribution in [1.82, 2.24) is 0 Å². The van der Waals surface area contributed by atoms with Crippen LogP contribution in [-0.2, 0) is 9.53 Å². The van der Waals surface area contributed by atoms with E-state index in [1.165, 1.54) is 0 Å². The monoisotopic (exact) mass is 172 g/mol. The summed E-state index contributed by atoms with van der Waals surface area (Å²) in [5, 5.41) is 9.86. The molecule has 0 spiro atoms. The Balaban J connectivity index is 2.67. The molecule has 0 aromatic rings. The summed E-state index contributed by atoms with van der Waals surface area (Å²) >= 11 is 0. The molecule has 1 N–H and O–H groups in total. The maximum absolute atomic E-state index is 11.3. The molecule has 0 amide bonds. The Kier molecular flexibility index (Phi) is 2.17. The Morgan fingerprint density at radius 3 is 2.33 bits per heavy atom. The van der Waals surface area contributed by atoms with Crippen LogP contribution in [0.2, 0.25) is 0 Å². The van der Waals surface area contributed by atoms with E-state index < -0.39 is 11.6 Å². The van der Waals surface area contributed by atoms with Gasteiger partial charge in [0.25, 0.3) is 0 Å². The van der Waals surface area contributed by atoms with Gasteiger partial charge in [0, 0.05) is 5.41 Å². The first kappa shape index (κ1) is 9.52. The lowest BCUT2D eigenvalue weighted by Gasteiger charge is -2.49. The molecule has 1 rings (SSSR count). The second-order valence-electron chi connectivity index (χ2n) is 3.96. The summed E-state index contributed by atoms with van der Waals surface area (Å²) in [5.74, 6) is -0.471. The first-order chi connectivity index (χ1) is 5.44. The molecule has 1 aliphatic rings. The Labute approximate surface area is 72.7 Å². The molecule has 0 aromatic heterocycles. The van der Waals surface area contributed by atoms with E-state index in [4.69, 9.17) is 4.74 Å². The molecule has 1 saturated carbocycles. The smallest absolute Gasteiger partial charge is 0.338 e. The average molecular weight is 172 g/mol. The van der Waals surface area contributed by atoms with E-state index in [9.17, 15) is 9.90 Å². The number of esters is 1. The summed E-state index contributed by atoms with van der Waals surface area (Å²) < 4.78 is 4.80. The fraction of sp³-hybridized carbons (Fsp3) is 0.889. The van der Waals surface area contributed by atoms with Crippen molar-refractivity contribution >= 4 is 5.97 Å². The van der Waals surface area contributed by atoms with E-state index in [2.05, 4.69) is 0 Å². The van der Waals surface area contributed by atoms with Crippen LogP contribution >= 0.6 is 0 Å². The van der Waals surface area contributed by atoms with Crippen LogP contribution in [-0.4, -0.2) is 23.3 Å². The minimum Gasteiger partial charge on any atom is -0.464 e. The molecule has 3 nitrogen and oxygen atoms in total. The highest BCUT2D eigenvalue weighted by Gasteiger charge is 2.58. The van der Waals surface area contributed by atoms with E-state index in [-0.39, 0.29) is 5.41 Å². The number of ether oxygens (including phenoxy) is 1. The van der Waals surface area contributed by atoms with E-state index in [0.29, 0.717) is 13.0 Å². The van der Waals surface area contributed by atoms with Gasteiger partial charge in [-0.25, -0.2) is 4.79 Å². The normalized spacial score (nSPS) is 32.3. The molecule has 1 atom stereocenters. The zero-order valence-corrected chi connectivity index (χ0v) is 7.89. The Hall–Kier alpha value is -0.570. The summed E-state index contributed by atoms with van der Waals surface area (Å²) in [6.07, 6.45) is 1.40. The highest BCUT2D eigenvalue weighted by atomic mass is 16.5. The van der Waals surface area contributed by atoms with Gasteiger partial charge >= 0.3 is 5.97 Å². The third kappa shape index (κ3) is 1.12. The minimum atomic E-state index is -1.23. The lowest BCUT2D eigenvalue weighted by molar-refractivity contribution is -0.201. The molecular formula is C9H16O3. The maximum Gasteiger partial charge on any atom is 0.338 e. The van der Waals surface area contributed by atoms with Gasteiger partial charge in [-0.05, 0) is 19.8 Å². The van der Waals surface area contributed by atoms with Crippen LogP contribution in [0.15, 0.2) is 0 Å². The van der Waals surface area contributed by atoms with Crippen LogP contribution in [0, 0.1) is 5.41 Å². The minimum absolute atomic E-state index is 0.320. The van der Waals surface area contributed by atoms with Gasteiger partial charge in [0.2, 0.25) is 0 Å². The van der Waals surface area contributed by atoms with Crippen LogP contribution in [0.5, 0.6) is 0 Å². The highest BCUT2D eigenvalue weighted by molar-refractivity contribution is 5.81. The Morgan fingerprint density at radius 2 is 2.08 bits per heavy atom.